The summed E-state index contributed by atoms with van der Waals surface area (Å²) in [6, 6.07) is -0.148. The van der Waals surface area contributed by atoms with Gasteiger partial charge < -0.3 is 14.4 Å². The second kappa shape index (κ2) is 5.39. The number of aliphatic hydroxyl groups is 1. The van der Waals surface area contributed by atoms with Crippen LogP contribution in [0.25, 0.3) is 0 Å². The number of hydrogen-bond acceptors (Lipinski definition) is 4. The van der Waals surface area contributed by atoms with Crippen molar-refractivity contribution in [3.63, 3.8) is 0 Å². The first kappa shape index (κ1) is 14.5. The summed E-state index contributed by atoms with van der Waals surface area (Å²) < 4.78 is 5.28. The van der Waals surface area contributed by atoms with Crippen LogP contribution in [0.15, 0.2) is 4.42 Å². The van der Waals surface area contributed by atoms with Crippen molar-refractivity contribution in [1.29, 1.82) is 0 Å². The summed E-state index contributed by atoms with van der Waals surface area (Å²) >= 11 is 0. The van der Waals surface area contributed by atoms with E-state index in [1.54, 1.807) is 20.8 Å². The van der Waals surface area contributed by atoms with Crippen molar-refractivity contribution in [3.8, 4) is 0 Å². The molecule has 0 aliphatic heterocycles. The lowest BCUT2D eigenvalue weighted by Crippen LogP contribution is -2.44. The van der Waals surface area contributed by atoms with Gasteiger partial charge >= 0.3 is 12.0 Å². The Labute approximate surface area is 107 Å². The fourth-order valence-corrected chi connectivity index (χ4v) is 1.49. The fraction of sp³-hybridized carbons (Fsp3) is 0.667. The standard InChI is InChI=1S/C12H21N3O3/c1-6-15(7-12(4,5)17)11(16)14-10-13-8(2)9(3)18-10/h17H,6-7H2,1-5H3,(H,13,14,16). The molecule has 0 saturated carbocycles. The number of nitrogens with one attached hydrogen (secondary N) is 1. The molecule has 0 bridgehead atoms. The highest BCUT2D eigenvalue weighted by Gasteiger charge is 2.22. The number of aromatic nitrogens is 1. The molecule has 0 unspecified atom stereocenters. The maximum Gasteiger partial charge on any atom is 0.325 e. The first-order valence-corrected chi connectivity index (χ1v) is 5.95. The molecule has 6 heteroatoms. The minimum absolute atomic E-state index is 0.184. The molecule has 0 aliphatic rings. The van der Waals surface area contributed by atoms with E-state index < -0.39 is 5.60 Å². The van der Waals surface area contributed by atoms with E-state index in [2.05, 4.69) is 10.3 Å². The summed E-state index contributed by atoms with van der Waals surface area (Å²) in [7, 11) is 0. The largest absolute Gasteiger partial charge is 0.428 e. The normalized spacial score (nSPS) is 11.4. The van der Waals surface area contributed by atoms with E-state index in [1.165, 1.54) is 4.90 Å². The van der Waals surface area contributed by atoms with Gasteiger partial charge in [-0.15, -0.1) is 0 Å². The number of likely N-dealkylation sites (N-methyl/N-ethyl adjacent to an activating group) is 1. The molecule has 0 aromatic carbocycles. The third kappa shape index (κ3) is 4.03. The number of oxazole rings is 1. The third-order valence-corrected chi connectivity index (χ3v) is 2.49. The van der Waals surface area contributed by atoms with Gasteiger partial charge in [0, 0.05) is 6.54 Å². The number of nitrogens with zero attached hydrogens (tertiary/aromatic N) is 2. The molecule has 2 amide bonds. The van der Waals surface area contributed by atoms with E-state index in [4.69, 9.17) is 4.42 Å². The second-order valence-electron chi connectivity index (χ2n) is 4.92. The fourth-order valence-electron chi connectivity index (χ4n) is 1.49. The predicted octanol–water partition coefficient (Wildman–Crippen LogP) is 1.92. The van der Waals surface area contributed by atoms with E-state index >= 15 is 0 Å². The van der Waals surface area contributed by atoms with E-state index in [1.807, 2.05) is 13.8 Å². The van der Waals surface area contributed by atoms with Crippen molar-refractivity contribution in [2.75, 3.05) is 18.4 Å². The van der Waals surface area contributed by atoms with Crippen LogP contribution in [0.2, 0.25) is 0 Å². The van der Waals surface area contributed by atoms with Crippen LogP contribution in [0, 0.1) is 13.8 Å². The molecular formula is C12H21N3O3. The molecule has 18 heavy (non-hydrogen) atoms. The molecule has 0 spiro atoms. The summed E-state index contributed by atoms with van der Waals surface area (Å²) in [4.78, 5) is 17.5. The zero-order valence-corrected chi connectivity index (χ0v) is 11.6. The molecule has 1 rings (SSSR count). The Morgan fingerprint density at radius 1 is 1.50 bits per heavy atom. The highest BCUT2D eigenvalue weighted by molar-refractivity contribution is 5.87. The number of carbonyl (C=O) groups is 1. The van der Waals surface area contributed by atoms with E-state index in [9.17, 15) is 9.90 Å². The van der Waals surface area contributed by atoms with Gasteiger partial charge in [0.1, 0.15) is 5.76 Å². The maximum atomic E-state index is 11.9. The first-order chi connectivity index (χ1) is 8.23. The molecule has 1 aromatic rings. The number of urea groups is 1. The molecular weight excluding hydrogens is 234 g/mol. The summed E-state index contributed by atoms with van der Waals surface area (Å²) in [6.07, 6.45) is 0. The van der Waals surface area contributed by atoms with Gasteiger partial charge in [0.15, 0.2) is 0 Å². The number of hydrogen-bond donors (Lipinski definition) is 2. The molecule has 1 heterocycles. The Kier molecular flexibility index (Phi) is 4.34. The van der Waals surface area contributed by atoms with Gasteiger partial charge in [-0.05, 0) is 34.6 Å². The molecule has 0 aliphatic carbocycles. The van der Waals surface area contributed by atoms with Gasteiger partial charge in [-0.3, -0.25) is 5.32 Å². The van der Waals surface area contributed by atoms with Crippen LogP contribution in [0.3, 0.4) is 0 Å². The molecule has 6 nitrogen and oxygen atoms in total. The Hall–Kier alpha value is -1.56. The van der Waals surface area contributed by atoms with Crippen LogP contribution in [0.5, 0.6) is 0 Å². The van der Waals surface area contributed by atoms with Crippen molar-refractivity contribution < 1.29 is 14.3 Å². The number of anilines is 1. The lowest BCUT2D eigenvalue weighted by molar-refractivity contribution is 0.0500. The molecule has 102 valence electrons. The summed E-state index contributed by atoms with van der Waals surface area (Å²) in [5.74, 6) is 0.677. The van der Waals surface area contributed by atoms with E-state index in [0.29, 0.717) is 12.3 Å². The van der Waals surface area contributed by atoms with Crippen LogP contribution in [-0.4, -0.2) is 39.7 Å². The van der Waals surface area contributed by atoms with Crippen LogP contribution >= 0.6 is 0 Å². The Morgan fingerprint density at radius 3 is 2.50 bits per heavy atom. The van der Waals surface area contributed by atoms with Gasteiger partial charge in [-0.2, -0.15) is 4.98 Å². The van der Waals surface area contributed by atoms with Crippen molar-refractivity contribution in [2.45, 2.75) is 40.2 Å². The quantitative estimate of drug-likeness (QED) is 0.861. The number of aryl methyl sites for hydroxylation is 2. The molecule has 1 aromatic heterocycles. The van der Waals surface area contributed by atoms with Crippen LogP contribution in [0.1, 0.15) is 32.2 Å². The minimum Gasteiger partial charge on any atom is -0.428 e. The lowest BCUT2D eigenvalue weighted by atomic mass is 10.1. The smallest absolute Gasteiger partial charge is 0.325 e. The van der Waals surface area contributed by atoms with Gasteiger partial charge in [0.05, 0.1) is 17.8 Å². The van der Waals surface area contributed by atoms with E-state index in [-0.39, 0.29) is 18.6 Å². The topological polar surface area (TPSA) is 78.6 Å². The first-order valence-electron chi connectivity index (χ1n) is 5.95. The monoisotopic (exact) mass is 255 g/mol. The lowest BCUT2D eigenvalue weighted by Gasteiger charge is -2.27. The van der Waals surface area contributed by atoms with Crippen molar-refractivity contribution in [2.24, 2.45) is 0 Å². The molecule has 0 saturated heterocycles. The van der Waals surface area contributed by atoms with Crippen molar-refractivity contribution in [3.05, 3.63) is 11.5 Å². The zero-order valence-electron chi connectivity index (χ0n) is 11.6. The molecule has 0 atom stereocenters. The van der Waals surface area contributed by atoms with Crippen molar-refractivity contribution >= 4 is 12.0 Å². The maximum absolute atomic E-state index is 11.9. The minimum atomic E-state index is -0.935. The molecule has 0 fully saturated rings. The van der Waals surface area contributed by atoms with Gasteiger partial charge in [0.25, 0.3) is 0 Å². The van der Waals surface area contributed by atoms with Crippen LogP contribution < -0.4 is 5.32 Å². The molecule has 0 radical (unpaired) electrons. The Balaban J connectivity index is 2.68. The Bertz CT molecular complexity index is 401. The van der Waals surface area contributed by atoms with Gasteiger partial charge in [-0.1, -0.05) is 0 Å². The molecule has 2 N–H and O–H groups in total. The average Bonchev–Trinajstić information content (AvgIpc) is 2.53. The SMILES string of the molecule is CCN(CC(C)(C)O)C(=O)Nc1nc(C)c(C)o1. The van der Waals surface area contributed by atoms with Gasteiger partial charge in [-0.25, -0.2) is 4.79 Å². The van der Waals surface area contributed by atoms with E-state index in [0.717, 1.165) is 5.69 Å². The van der Waals surface area contributed by atoms with Crippen LogP contribution in [0.4, 0.5) is 10.8 Å². The highest BCUT2D eigenvalue weighted by Crippen LogP contribution is 2.14. The number of amides is 2. The number of rotatable bonds is 4. The highest BCUT2D eigenvalue weighted by atomic mass is 16.4. The summed E-state index contributed by atoms with van der Waals surface area (Å²) in [5.41, 5.74) is -0.189. The summed E-state index contributed by atoms with van der Waals surface area (Å²) in [5, 5.41) is 12.3. The third-order valence-electron chi connectivity index (χ3n) is 2.49. The summed E-state index contributed by atoms with van der Waals surface area (Å²) in [6.45, 7) is 9.49. The van der Waals surface area contributed by atoms with Crippen LogP contribution in [-0.2, 0) is 0 Å². The predicted molar refractivity (Wildman–Crippen MR) is 68.5 cm³/mol. The average molecular weight is 255 g/mol. The Morgan fingerprint density at radius 2 is 2.11 bits per heavy atom. The number of carbonyl (C=O) groups excluding carboxylic acids is 1. The second-order valence-corrected chi connectivity index (χ2v) is 4.92. The van der Waals surface area contributed by atoms with Gasteiger partial charge in [0.2, 0.25) is 0 Å². The zero-order chi connectivity index (χ0) is 13.9. The van der Waals surface area contributed by atoms with Crippen molar-refractivity contribution in [1.82, 2.24) is 9.88 Å².